The van der Waals surface area contributed by atoms with Crippen molar-refractivity contribution in [3.05, 3.63) is 29.8 Å². The lowest BCUT2D eigenvalue weighted by atomic mass is 10.2. The quantitative estimate of drug-likeness (QED) is 0.552. The normalized spacial score (nSPS) is 10.7. The fourth-order valence-electron chi connectivity index (χ4n) is 1.62. The molecule has 1 aromatic carbocycles. The SMILES string of the molecule is CCOCCOCCOCCOc1ccc(CC)cc1. The van der Waals surface area contributed by atoms with Crippen molar-refractivity contribution < 1.29 is 18.9 Å². The molecule has 0 spiro atoms. The Bertz CT molecular complexity index is 324. The molecule has 4 nitrogen and oxygen atoms in total. The Labute approximate surface area is 122 Å². The van der Waals surface area contributed by atoms with Gasteiger partial charge >= 0.3 is 0 Å². The van der Waals surface area contributed by atoms with Crippen LogP contribution in [0.25, 0.3) is 0 Å². The zero-order valence-electron chi connectivity index (χ0n) is 12.6. The highest BCUT2D eigenvalue weighted by molar-refractivity contribution is 5.27. The number of hydrogen-bond acceptors (Lipinski definition) is 4. The molecule has 0 aliphatic carbocycles. The van der Waals surface area contributed by atoms with Gasteiger partial charge in [0.15, 0.2) is 0 Å². The minimum absolute atomic E-state index is 0.560. The Hall–Kier alpha value is -1.10. The molecule has 4 heteroatoms. The summed E-state index contributed by atoms with van der Waals surface area (Å²) in [7, 11) is 0. The second-order valence-corrected chi connectivity index (χ2v) is 4.27. The second kappa shape index (κ2) is 11.7. The number of ether oxygens (including phenoxy) is 4. The molecule has 1 aromatic rings. The van der Waals surface area contributed by atoms with E-state index in [1.807, 2.05) is 19.1 Å². The van der Waals surface area contributed by atoms with Crippen molar-refractivity contribution in [1.82, 2.24) is 0 Å². The third kappa shape index (κ3) is 8.15. The molecule has 0 fully saturated rings. The molecule has 0 saturated heterocycles. The maximum Gasteiger partial charge on any atom is 0.119 e. The van der Waals surface area contributed by atoms with Crippen LogP contribution in [0.2, 0.25) is 0 Å². The highest BCUT2D eigenvalue weighted by Gasteiger charge is 1.95. The van der Waals surface area contributed by atoms with Crippen LogP contribution in [0.5, 0.6) is 5.75 Å². The van der Waals surface area contributed by atoms with E-state index in [4.69, 9.17) is 18.9 Å². The van der Waals surface area contributed by atoms with E-state index in [0.29, 0.717) is 39.6 Å². The predicted octanol–water partition coefficient (Wildman–Crippen LogP) is 2.70. The lowest BCUT2D eigenvalue weighted by Crippen LogP contribution is -2.12. The van der Waals surface area contributed by atoms with E-state index in [0.717, 1.165) is 18.8 Å². The molecule has 0 aromatic heterocycles. The molecule has 0 saturated carbocycles. The fourth-order valence-corrected chi connectivity index (χ4v) is 1.62. The van der Waals surface area contributed by atoms with Gasteiger partial charge in [0.05, 0.1) is 33.0 Å². The van der Waals surface area contributed by atoms with Crippen LogP contribution in [-0.2, 0) is 20.6 Å². The van der Waals surface area contributed by atoms with Crippen LogP contribution in [0.3, 0.4) is 0 Å². The van der Waals surface area contributed by atoms with Crippen molar-refractivity contribution in [3.63, 3.8) is 0 Å². The average Bonchev–Trinajstić information content (AvgIpc) is 2.50. The van der Waals surface area contributed by atoms with E-state index in [1.54, 1.807) is 0 Å². The monoisotopic (exact) mass is 282 g/mol. The Balaban J connectivity index is 1.91. The van der Waals surface area contributed by atoms with Crippen molar-refractivity contribution in [2.24, 2.45) is 0 Å². The van der Waals surface area contributed by atoms with Gasteiger partial charge in [0, 0.05) is 6.61 Å². The summed E-state index contributed by atoms with van der Waals surface area (Å²) >= 11 is 0. The molecule has 0 atom stereocenters. The third-order valence-corrected chi connectivity index (χ3v) is 2.78. The highest BCUT2D eigenvalue weighted by Crippen LogP contribution is 2.12. The van der Waals surface area contributed by atoms with Crippen molar-refractivity contribution in [1.29, 1.82) is 0 Å². The summed E-state index contributed by atoms with van der Waals surface area (Å²) in [4.78, 5) is 0. The Kier molecular flexibility index (Phi) is 9.92. The topological polar surface area (TPSA) is 36.9 Å². The van der Waals surface area contributed by atoms with Crippen LogP contribution in [0.15, 0.2) is 24.3 Å². The van der Waals surface area contributed by atoms with E-state index in [2.05, 4.69) is 19.1 Å². The summed E-state index contributed by atoms with van der Waals surface area (Å²) in [6.07, 6.45) is 1.05. The first-order chi connectivity index (χ1) is 9.86. The summed E-state index contributed by atoms with van der Waals surface area (Å²) in [5.74, 6) is 0.888. The van der Waals surface area contributed by atoms with Crippen molar-refractivity contribution in [2.75, 3.05) is 46.2 Å². The van der Waals surface area contributed by atoms with Gasteiger partial charge in [-0.2, -0.15) is 0 Å². The first-order valence-electron chi connectivity index (χ1n) is 7.31. The maximum atomic E-state index is 5.58. The van der Waals surface area contributed by atoms with Crippen molar-refractivity contribution in [2.45, 2.75) is 20.3 Å². The van der Waals surface area contributed by atoms with Gasteiger partial charge in [-0.25, -0.2) is 0 Å². The smallest absolute Gasteiger partial charge is 0.119 e. The first kappa shape index (κ1) is 17.0. The average molecular weight is 282 g/mol. The Morgan fingerprint density at radius 3 is 1.80 bits per heavy atom. The van der Waals surface area contributed by atoms with Crippen LogP contribution in [0.1, 0.15) is 19.4 Å². The van der Waals surface area contributed by atoms with Gasteiger partial charge in [0.1, 0.15) is 12.4 Å². The molecule has 0 bridgehead atoms. The molecule has 1 rings (SSSR count). The summed E-state index contributed by atoms with van der Waals surface area (Å²) in [5.41, 5.74) is 1.32. The van der Waals surface area contributed by atoms with Gasteiger partial charge in [0.2, 0.25) is 0 Å². The Morgan fingerprint density at radius 1 is 0.700 bits per heavy atom. The zero-order chi connectivity index (χ0) is 14.5. The molecule has 0 amide bonds. The summed E-state index contributed by atoms with van der Waals surface area (Å²) in [6.45, 7) is 8.43. The van der Waals surface area contributed by atoms with Crippen LogP contribution < -0.4 is 4.74 Å². The van der Waals surface area contributed by atoms with E-state index in [1.165, 1.54) is 5.56 Å². The number of rotatable bonds is 12. The fraction of sp³-hybridized carbons (Fsp3) is 0.625. The standard InChI is InChI=1S/C16H26O4/c1-3-15-5-7-16(8-6-15)20-14-13-19-12-11-18-10-9-17-4-2/h5-8H,3-4,9-14H2,1-2H3. The molecular weight excluding hydrogens is 256 g/mol. The summed E-state index contributed by atoms with van der Waals surface area (Å²) in [6, 6.07) is 8.16. The van der Waals surface area contributed by atoms with Gasteiger partial charge in [-0.05, 0) is 31.0 Å². The minimum atomic E-state index is 0.560. The Morgan fingerprint density at radius 2 is 1.25 bits per heavy atom. The predicted molar refractivity (Wildman–Crippen MR) is 79.4 cm³/mol. The maximum absolute atomic E-state index is 5.58. The summed E-state index contributed by atoms with van der Waals surface area (Å²) < 4.78 is 21.5. The highest BCUT2D eigenvalue weighted by atomic mass is 16.6. The van der Waals surface area contributed by atoms with E-state index in [-0.39, 0.29) is 0 Å². The van der Waals surface area contributed by atoms with Crippen LogP contribution >= 0.6 is 0 Å². The molecule has 0 N–H and O–H groups in total. The number of hydrogen-bond donors (Lipinski definition) is 0. The van der Waals surface area contributed by atoms with Gasteiger partial charge < -0.3 is 18.9 Å². The summed E-state index contributed by atoms with van der Waals surface area (Å²) in [5, 5.41) is 0. The molecule has 0 heterocycles. The van der Waals surface area contributed by atoms with Crippen LogP contribution in [0, 0.1) is 0 Å². The van der Waals surface area contributed by atoms with E-state index < -0.39 is 0 Å². The second-order valence-electron chi connectivity index (χ2n) is 4.27. The molecule has 20 heavy (non-hydrogen) atoms. The van der Waals surface area contributed by atoms with Crippen LogP contribution in [-0.4, -0.2) is 46.2 Å². The molecular formula is C16H26O4. The van der Waals surface area contributed by atoms with E-state index in [9.17, 15) is 0 Å². The molecule has 0 radical (unpaired) electrons. The largest absolute Gasteiger partial charge is 0.491 e. The first-order valence-corrected chi connectivity index (χ1v) is 7.31. The lowest BCUT2D eigenvalue weighted by molar-refractivity contribution is 0.0114. The molecule has 0 unspecified atom stereocenters. The number of aryl methyl sites for hydroxylation is 1. The van der Waals surface area contributed by atoms with Crippen molar-refractivity contribution >= 4 is 0 Å². The van der Waals surface area contributed by atoms with Gasteiger partial charge in [-0.3, -0.25) is 0 Å². The minimum Gasteiger partial charge on any atom is -0.491 e. The third-order valence-electron chi connectivity index (χ3n) is 2.78. The molecule has 114 valence electrons. The van der Waals surface area contributed by atoms with E-state index >= 15 is 0 Å². The molecule has 0 aliphatic rings. The van der Waals surface area contributed by atoms with Crippen molar-refractivity contribution in [3.8, 4) is 5.75 Å². The van der Waals surface area contributed by atoms with Gasteiger partial charge in [-0.15, -0.1) is 0 Å². The van der Waals surface area contributed by atoms with Gasteiger partial charge in [0.25, 0.3) is 0 Å². The lowest BCUT2D eigenvalue weighted by Gasteiger charge is -2.08. The molecule has 0 aliphatic heterocycles. The van der Waals surface area contributed by atoms with Crippen LogP contribution in [0.4, 0.5) is 0 Å². The van der Waals surface area contributed by atoms with Gasteiger partial charge in [-0.1, -0.05) is 19.1 Å². The zero-order valence-corrected chi connectivity index (χ0v) is 12.6. The number of benzene rings is 1.